The van der Waals surface area contributed by atoms with E-state index in [0.717, 1.165) is 4.43 Å². The van der Waals surface area contributed by atoms with Crippen LogP contribution in [0.4, 0.5) is 5.82 Å². The molecular formula is C9H12IN2O-. The van der Waals surface area contributed by atoms with Gasteiger partial charge in [0.05, 0.1) is 0 Å². The first-order valence-electron chi connectivity index (χ1n) is 4.00. The third-order valence-corrected chi connectivity index (χ3v) is 3.79. The molecule has 0 amide bonds. The van der Waals surface area contributed by atoms with Gasteiger partial charge >= 0.3 is 88.0 Å². The van der Waals surface area contributed by atoms with Gasteiger partial charge in [-0.25, -0.2) is 0 Å². The monoisotopic (exact) mass is 291 g/mol. The SMILES string of the molecule is CC[I-]c1cnc(N)c(C(C)=O)c1. The number of nitrogens with zero attached hydrogens (tertiary/aromatic N) is 1. The summed E-state index contributed by atoms with van der Waals surface area (Å²) in [6.45, 7) is 3.65. The molecule has 72 valence electrons. The molecule has 1 rings (SSSR count). The number of ketones is 1. The summed E-state index contributed by atoms with van der Waals surface area (Å²) in [7, 11) is 0. The first-order valence-corrected chi connectivity index (χ1v) is 6.61. The second-order valence-electron chi connectivity index (χ2n) is 2.54. The van der Waals surface area contributed by atoms with E-state index >= 15 is 0 Å². The molecule has 0 unspecified atom stereocenters. The van der Waals surface area contributed by atoms with Gasteiger partial charge in [0, 0.05) is 0 Å². The van der Waals surface area contributed by atoms with E-state index in [4.69, 9.17) is 5.73 Å². The van der Waals surface area contributed by atoms with Crippen LogP contribution in [0.1, 0.15) is 24.2 Å². The summed E-state index contributed by atoms with van der Waals surface area (Å²) in [5.74, 6) is 0.336. The van der Waals surface area contributed by atoms with Crippen molar-refractivity contribution in [3.63, 3.8) is 0 Å². The van der Waals surface area contributed by atoms with E-state index in [-0.39, 0.29) is 27.0 Å². The van der Waals surface area contributed by atoms with Gasteiger partial charge in [0.25, 0.3) is 0 Å². The number of nitrogens with two attached hydrogens (primary N) is 1. The molecule has 3 nitrogen and oxygen atoms in total. The van der Waals surface area contributed by atoms with E-state index in [9.17, 15) is 4.79 Å². The van der Waals surface area contributed by atoms with Crippen molar-refractivity contribution in [1.82, 2.24) is 4.98 Å². The summed E-state index contributed by atoms with van der Waals surface area (Å²) in [6.07, 6.45) is 1.78. The van der Waals surface area contributed by atoms with Crippen molar-refractivity contribution in [3.05, 3.63) is 21.4 Å². The van der Waals surface area contributed by atoms with Gasteiger partial charge in [0.15, 0.2) is 0 Å². The van der Waals surface area contributed by atoms with Gasteiger partial charge in [-0.2, -0.15) is 0 Å². The second kappa shape index (κ2) is 4.55. The quantitative estimate of drug-likeness (QED) is 0.404. The fraction of sp³-hybridized carbons (Fsp3) is 0.333. The Hall–Kier alpha value is -0.650. The topological polar surface area (TPSA) is 56.0 Å². The van der Waals surface area contributed by atoms with Gasteiger partial charge in [-0.1, -0.05) is 0 Å². The molecule has 0 fully saturated rings. The Labute approximate surface area is 88.0 Å². The van der Waals surface area contributed by atoms with Crippen molar-refractivity contribution in [2.24, 2.45) is 0 Å². The molecule has 0 aliphatic rings. The van der Waals surface area contributed by atoms with Crippen molar-refractivity contribution in [2.45, 2.75) is 13.8 Å². The van der Waals surface area contributed by atoms with Crippen molar-refractivity contribution in [3.8, 4) is 0 Å². The molecular weight excluding hydrogens is 279 g/mol. The van der Waals surface area contributed by atoms with Crippen molar-refractivity contribution in [1.29, 1.82) is 0 Å². The molecule has 0 saturated heterocycles. The number of rotatable bonds is 3. The molecule has 0 atom stereocenters. The van der Waals surface area contributed by atoms with Crippen molar-refractivity contribution >= 4 is 11.6 Å². The second-order valence-corrected chi connectivity index (χ2v) is 6.08. The van der Waals surface area contributed by atoms with Crippen LogP contribution in [0.3, 0.4) is 0 Å². The summed E-state index contributed by atoms with van der Waals surface area (Å²) in [6, 6.07) is 1.88. The summed E-state index contributed by atoms with van der Waals surface area (Å²) in [5, 5.41) is 0. The molecule has 0 aromatic carbocycles. The van der Waals surface area contributed by atoms with Crippen LogP contribution in [0.2, 0.25) is 0 Å². The molecule has 0 spiro atoms. The number of pyridine rings is 1. The summed E-state index contributed by atoms with van der Waals surface area (Å²) < 4.78 is 2.34. The first-order chi connectivity index (χ1) is 6.15. The average Bonchev–Trinajstić information content (AvgIpc) is 2.08. The zero-order chi connectivity index (χ0) is 9.84. The Morgan fingerprint density at radius 3 is 2.92 bits per heavy atom. The van der Waals surface area contributed by atoms with E-state index in [1.54, 1.807) is 6.20 Å². The summed E-state index contributed by atoms with van der Waals surface area (Å²) in [5.41, 5.74) is 6.13. The molecule has 4 heteroatoms. The molecule has 1 aromatic rings. The van der Waals surface area contributed by atoms with Crippen LogP contribution in [-0.4, -0.2) is 15.2 Å². The fourth-order valence-corrected chi connectivity index (χ4v) is 2.71. The number of alkyl halides is 1. The summed E-state index contributed by atoms with van der Waals surface area (Å²) >= 11 is 0.00452. The Morgan fingerprint density at radius 1 is 1.69 bits per heavy atom. The molecule has 2 N–H and O–H groups in total. The Balaban J connectivity index is 3.04. The predicted molar refractivity (Wildman–Crippen MR) is 47.9 cm³/mol. The van der Waals surface area contributed by atoms with E-state index in [1.165, 1.54) is 10.5 Å². The predicted octanol–water partition coefficient (Wildman–Crippen LogP) is -1.86. The van der Waals surface area contributed by atoms with Crippen LogP contribution >= 0.6 is 0 Å². The minimum absolute atomic E-state index is 0.00452. The molecule has 0 aliphatic heterocycles. The number of carbonyl (C=O) groups is 1. The number of aromatic nitrogens is 1. The average molecular weight is 291 g/mol. The number of carbonyl (C=O) groups excluding carboxylic acids is 1. The van der Waals surface area contributed by atoms with Gasteiger partial charge in [0.1, 0.15) is 0 Å². The third kappa shape index (κ3) is 2.65. The van der Waals surface area contributed by atoms with Crippen LogP contribution < -0.4 is 26.9 Å². The van der Waals surface area contributed by atoms with Crippen LogP contribution in [0, 0.1) is 3.57 Å². The van der Waals surface area contributed by atoms with Crippen LogP contribution in [0.15, 0.2) is 12.3 Å². The molecule has 13 heavy (non-hydrogen) atoms. The number of halogens is 1. The Kier molecular flexibility index (Phi) is 3.65. The van der Waals surface area contributed by atoms with Gasteiger partial charge in [0.2, 0.25) is 0 Å². The normalized spacial score (nSPS) is 10.3. The molecule has 0 saturated carbocycles. The Bertz CT molecular complexity index is 325. The van der Waals surface area contributed by atoms with E-state index in [2.05, 4.69) is 11.9 Å². The standard InChI is InChI=1S/C9H12IN2O/c1-3-10-7-4-8(6(2)13)9(11)12-5-7/h4-5H,3H2,1-2H3,(H2,11,12)/q-1. The number of anilines is 1. The van der Waals surface area contributed by atoms with Gasteiger partial charge in [-0.05, 0) is 0 Å². The van der Waals surface area contributed by atoms with E-state index in [1.807, 2.05) is 6.07 Å². The van der Waals surface area contributed by atoms with Gasteiger partial charge < -0.3 is 0 Å². The molecule has 0 bridgehead atoms. The van der Waals surface area contributed by atoms with Gasteiger partial charge in [-0.15, -0.1) is 0 Å². The number of hydrogen-bond acceptors (Lipinski definition) is 3. The van der Waals surface area contributed by atoms with E-state index < -0.39 is 0 Å². The molecule has 0 aliphatic carbocycles. The maximum atomic E-state index is 11.1. The van der Waals surface area contributed by atoms with E-state index in [0.29, 0.717) is 11.4 Å². The van der Waals surface area contributed by atoms with Crippen molar-refractivity contribution in [2.75, 3.05) is 10.2 Å². The van der Waals surface area contributed by atoms with Crippen LogP contribution in [-0.2, 0) is 0 Å². The minimum atomic E-state index is -0.00744. The van der Waals surface area contributed by atoms with Crippen LogP contribution in [0.25, 0.3) is 0 Å². The zero-order valence-electron chi connectivity index (χ0n) is 7.67. The zero-order valence-corrected chi connectivity index (χ0v) is 9.83. The number of hydrogen-bond donors (Lipinski definition) is 1. The fourth-order valence-electron chi connectivity index (χ4n) is 0.959. The third-order valence-electron chi connectivity index (χ3n) is 1.55. The van der Waals surface area contributed by atoms with Gasteiger partial charge in [-0.3, -0.25) is 0 Å². The van der Waals surface area contributed by atoms with Crippen molar-refractivity contribution < 1.29 is 26.0 Å². The van der Waals surface area contributed by atoms with Crippen LogP contribution in [0.5, 0.6) is 0 Å². The summed E-state index contributed by atoms with van der Waals surface area (Å²) in [4.78, 5) is 15.1. The first kappa shape index (κ1) is 10.4. The molecule has 1 heterocycles. The molecule has 0 radical (unpaired) electrons. The number of nitrogen functional groups attached to an aromatic ring is 1. The maximum absolute atomic E-state index is 11.1. The number of Topliss-reactive ketones (excluding diaryl/α,β-unsaturated/α-hetero) is 1. The Morgan fingerprint density at radius 2 is 2.38 bits per heavy atom. The molecule has 1 aromatic heterocycles.